The summed E-state index contributed by atoms with van der Waals surface area (Å²) in [5, 5.41) is 9.79. The first-order chi connectivity index (χ1) is 13.2. The van der Waals surface area contributed by atoms with Crippen LogP contribution in [0.5, 0.6) is 0 Å². The Morgan fingerprint density at radius 2 is 2.00 bits per heavy atom. The van der Waals surface area contributed by atoms with Crippen molar-refractivity contribution in [3.8, 4) is 0 Å². The average molecular weight is 438 g/mol. The second-order valence-corrected chi connectivity index (χ2v) is 6.41. The molecule has 0 unspecified atom stereocenters. The number of nitrogens with zero attached hydrogens (tertiary/aromatic N) is 4. The van der Waals surface area contributed by atoms with E-state index in [-0.39, 0.29) is 5.95 Å². The largest absolute Gasteiger partial charge is 0.433 e. The first kappa shape index (κ1) is 22.1. The molecule has 2 rings (SSSR count). The molecule has 0 spiro atoms. The van der Waals surface area contributed by atoms with E-state index in [1.54, 1.807) is 17.7 Å². The number of halogens is 5. The Hall–Kier alpha value is -2.20. The number of nitrogens with one attached hydrogen (secondary N) is 3. The minimum atomic E-state index is -4.51. The van der Waals surface area contributed by atoms with Gasteiger partial charge < -0.3 is 20.5 Å². The van der Waals surface area contributed by atoms with Crippen molar-refractivity contribution in [1.82, 2.24) is 25.2 Å². The molecule has 154 valence electrons. The van der Waals surface area contributed by atoms with Crippen molar-refractivity contribution >= 4 is 35.1 Å². The van der Waals surface area contributed by atoms with Crippen molar-refractivity contribution in [3.05, 3.63) is 39.9 Å². The number of anilines is 1. The molecule has 2 aromatic heterocycles. The Morgan fingerprint density at radius 1 is 1.25 bits per heavy atom. The fourth-order valence-corrected chi connectivity index (χ4v) is 2.62. The van der Waals surface area contributed by atoms with Gasteiger partial charge in [0.25, 0.3) is 0 Å². The zero-order chi connectivity index (χ0) is 20.7. The molecule has 0 saturated carbocycles. The fraction of sp³-hybridized carbons (Fsp3) is 0.438. The van der Waals surface area contributed by atoms with Gasteiger partial charge in [-0.25, -0.2) is 15.0 Å². The summed E-state index contributed by atoms with van der Waals surface area (Å²) >= 11 is 12.0. The summed E-state index contributed by atoms with van der Waals surface area (Å²) in [7, 11) is 1.79. The van der Waals surface area contributed by atoms with Gasteiger partial charge in [-0.2, -0.15) is 13.2 Å². The van der Waals surface area contributed by atoms with Crippen LogP contribution >= 0.6 is 23.2 Å². The predicted octanol–water partition coefficient (Wildman–Crippen LogP) is 3.31. The number of guanidine groups is 1. The Balaban J connectivity index is 1.88. The molecule has 28 heavy (non-hydrogen) atoms. The third kappa shape index (κ3) is 6.16. The van der Waals surface area contributed by atoms with Crippen LogP contribution in [-0.4, -0.2) is 40.1 Å². The SMILES string of the molecule is CCNC(=NCc1cc(Cl)c(Cl)n1C)NCCNc1nccc(C(F)(F)F)n1. The highest BCUT2D eigenvalue weighted by molar-refractivity contribution is 6.41. The van der Waals surface area contributed by atoms with Crippen molar-refractivity contribution < 1.29 is 13.2 Å². The van der Waals surface area contributed by atoms with Gasteiger partial charge >= 0.3 is 6.18 Å². The molecule has 0 bridgehead atoms. The third-order valence-electron chi connectivity index (χ3n) is 3.61. The minimum Gasteiger partial charge on any atom is -0.357 e. The molecular formula is C16H20Cl2F3N7. The molecule has 0 saturated heterocycles. The Labute approximate surface area is 170 Å². The van der Waals surface area contributed by atoms with Crippen LogP contribution in [0, 0.1) is 0 Å². The molecule has 0 radical (unpaired) electrons. The molecule has 12 heteroatoms. The lowest BCUT2D eigenvalue weighted by atomic mass is 10.4. The fourth-order valence-electron chi connectivity index (χ4n) is 2.20. The Kier molecular flexibility index (Phi) is 7.76. The lowest BCUT2D eigenvalue weighted by Gasteiger charge is -2.12. The van der Waals surface area contributed by atoms with Gasteiger partial charge in [0, 0.05) is 38.6 Å². The van der Waals surface area contributed by atoms with E-state index in [0.717, 1.165) is 18.0 Å². The molecule has 0 aliphatic rings. The van der Waals surface area contributed by atoms with Gasteiger partial charge in [0.05, 0.1) is 11.6 Å². The molecule has 0 atom stereocenters. The van der Waals surface area contributed by atoms with E-state index in [1.807, 2.05) is 6.92 Å². The van der Waals surface area contributed by atoms with E-state index in [4.69, 9.17) is 23.2 Å². The molecule has 0 amide bonds. The number of hydrogen-bond acceptors (Lipinski definition) is 4. The number of aromatic nitrogens is 3. The maximum Gasteiger partial charge on any atom is 0.433 e. The average Bonchev–Trinajstić information content (AvgIpc) is 2.89. The van der Waals surface area contributed by atoms with E-state index in [1.165, 1.54) is 0 Å². The summed E-state index contributed by atoms with van der Waals surface area (Å²) in [4.78, 5) is 11.7. The van der Waals surface area contributed by atoms with E-state index in [0.29, 0.717) is 42.3 Å². The van der Waals surface area contributed by atoms with Crippen LogP contribution in [0.3, 0.4) is 0 Å². The van der Waals surface area contributed by atoms with E-state index in [2.05, 4.69) is 30.9 Å². The highest BCUT2D eigenvalue weighted by Gasteiger charge is 2.32. The summed E-state index contributed by atoms with van der Waals surface area (Å²) < 4.78 is 39.7. The monoisotopic (exact) mass is 437 g/mol. The number of hydrogen-bond donors (Lipinski definition) is 3. The quantitative estimate of drug-likeness (QED) is 0.351. The van der Waals surface area contributed by atoms with Crippen LogP contribution in [0.25, 0.3) is 0 Å². The van der Waals surface area contributed by atoms with Gasteiger partial charge in [-0.05, 0) is 19.1 Å². The maximum atomic E-state index is 12.7. The van der Waals surface area contributed by atoms with Gasteiger partial charge in [0.1, 0.15) is 10.8 Å². The Bertz CT molecular complexity index is 821. The van der Waals surface area contributed by atoms with E-state index >= 15 is 0 Å². The summed E-state index contributed by atoms with van der Waals surface area (Å²) in [5.74, 6) is 0.453. The van der Waals surface area contributed by atoms with Crippen LogP contribution in [0.4, 0.5) is 19.1 Å². The molecule has 2 heterocycles. The van der Waals surface area contributed by atoms with Crippen molar-refractivity contribution in [3.63, 3.8) is 0 Å². The highest BCUT2D eigenvalue weighted by Crippen LogP contribution is 2.27. The zero-order valence-corrected chi connectivity index (χ0v) is 16.8. The van der Waals surface area contributed by atoms with Gasteiger partial charge in [-0.15, -0.1) is 0 Å². The van der Waals surface area contributed by atoms with Gasteiger partial charge in [-0.1, -0.05) is 23.2 Å². The number of alkyl halides is 3. The second kappa shape index (κ2) is 9.83. The topological polar surface area (TPSA) is 79.2 Å². The summed E-state index contributed by atoms with van der Waals surface area (Å²) in [6, 6.07) is 2.56. The van der Waals surface area contributed by atoms with Crippen LogP contribution in [0.15, 0.2) is 23.3 Å². The van der Waals surface area contributed by atoms with Crippen LogP contribution in [0.2, 0.25) is 10.2 Å². The lowest BCUT2D eigenvalue weighted by molar-refractivity contribution is -0.141. The maximum absolute atomic E-state index is 12.7. The van der Waals surface area contributed by atoms with Crippen LogP contribution < -0.4 is 16.0 Å². The molecule has 0 aliphatic heterocycles. The van der Waals surface area contributed by atoms with E-state index < -0.39 is 11.9 Å². The summed E-state index contributed by atoms with van der Waals surface area (Å²) in [5.41, 5.74) is -0.157. The Morgan fingerprint density at radius 3 is 2.61 bits per heavy atom. The number of rotatable bonds is 7. The molecule has 0 aromatic carbocycles. The first-order valence-electron chi connectivity index (χ1n) is 8.38. The normalized spacial score (nSPS) is 12.2. The van der Waals surface area contributed by atoms with Crippen molar-refractivity contribution in [1.29, 1.82) is 0 Å². The van der Waals surface area contributed by atoms with Crippen molar-refractivity contribution in [2.24, 2.45) is 12.0 Å². The van der Waals surface area contributed by atoms with Crippen molar-refractivity contribution in [2.45, 2.75) is 19.6 Å². The number of aliphatic imine (C=N–C) groups is 1. The second-order valence-electron chi connectivity index (χ2n) is 5.65. The lowest BCUT2D eigenvalue weighted by Crippen LogP contribution is -2.39. The molecule has 7 nitrogen and oxygen atoms in total. The predicted molar refractivity (Wildman–Crippen MR) is 104 cm³/mol. The van der Waals surface area contributed by atoms with Gasteiger partial charge in [0.15, 0.2) is 5.96 Å². The standard InChI is InChI=1S/C16H20Cl2F3N7/c1-3-22-14(26-9-10-8-11(17)13(18)28(10)2)24-6-7-25-15-23-5-4-12(27-15)16(19,20)21/h4-5,8H,3,6-7,9H2,1-2H3,(H2,22,24,26)(H,23,25,27). The first-order valence-corrected chi connectivity index (χ1v) is 9.13. The van der Waals surface area contributed by atoms with Crippen LogP contribution in [0.1, 0.15) is 18.3 Å². The minimum absolute atomic E-state index is 0.0911. The third-order valence-corrected chi connectivity index (χ3v) is 4.45. The molecule has 0 fully saturated rings. The zero-order valence-electron chi connectivity index (χ0n) is 15.2. The highest BCUT2D eigenvalue weighted by atomic mass is 35.5. The molecule has 2 aromatic rings. The summed E-state index contributed by atoms with van der Waals surface area (Å²) in [6.45, 7) is 3.60. The molecular weight excluding hydrogens is 418 g/mol. The van der Waals surface area contributed by atoms with Crippen LogP contribution in [-0.2, 0) is 19.8 Å². The van der Waals surface area contributed by atoms with Gasteiger partial charge in [-0.3, -0.25) is 0 Å². The molecule has 0 aliphatic carbocycles. The molecule has 3 N–H and O–H groups in total. The van der Waals surface area contributed by atoms with E-state index in [9.17, 15) is 13.2 Å². The van der Waals surface area contributed by atoms with Crippen molar-refractivity contribution in [2.75, 3.05) is 25.0 Å². The summed E-state index contributed by atoms with van der Waals surface area (Å²) in [6.07, 6.45) is -3.45. The smallest absolute Gasteiger partial charge is 0.357 e. The van der Waals surface area contributed by atoms with Gasteiger partial charge in [0.2, 0.25) is 5.95 Å².